The number of rotatable bonds is 4. The maximum Gasteiger partial charge on any atom is 0.306 e. The quantitative estimate of drug-likeness (QED) is 0.624. The van der Waals surface area contributed by atoms with E-state index in [0.29, 0.717) is 19.4 Å². The van der Waals surface area contributed by atoms with Crippen molar-refractivity contribution in [1.82, 2.24) is 14.5 Å². The van der Waals surface area contributed by atoms with Crippen LogP contribution in [0.5, 0.6) is 0 Å². The summed E-state index contributed by atoms with van der Waals surface area (Å²) in [5, 5.41) is 0. The predicted octanol–water partition coefficient (Wildman–Crippen LogP) is 3.69. The van der Waals surface area contributed by atoms with Crippen molar-refractivity contribution >= 4 is 22.9 Å². The number of aromatic nitrogens is 2. The van der Waals surface area contributed by atoms with Crippen LogP contribution in [0, 0.1) is 0 Å². The van der Waals surface area contributed by atoms with Crippen LogP contribution in [0.25, 0.3) is 11.0 Å². The van der Waals surface area contributed by atoms with Crippen LogP contribution in [0.3, 0.4) is 0 Å². The lowest BCUT2D eigenvalue weighted by molar-refractivity contribution is -0.155. The molecule has 1 aliphatic carbocycles. The molecular formula is C24H25N3O3. The van der Waals surface area contributed by atoms with Gasteiger partial charge in [0.15, 0.2) is 6.10 Å². The minimum atomic E-state index is -0.693. The summed E-state index contributed by atoms with van der Waals surface area (Å²) in [7, 11) is 1.98. The molecule has 0 radical (unpaired) electrons. The molecule has 1 aromatic heterocycles. The monoisotopic (exact) mass is 403 g/mol. The maximum atomic E-state index is 13.5. The Kier molecular flexibility index (Phi) is 4.77. The molecule has 1 saturated heterocycles. The smallest absolute Gasteiger partial charge is 0.306 e. The molecule has 30 heavy (non-hydrogen) atoms. The highest BCUT2D eigenvalue weighted by Crippen LogP contribution is 2.36. The van der Waals surface area contributed by atoms with E-state index in [4.69, 9.17) is 9.72 Å². The van der Waals surface area contributed by atoms with Gasteiger partial charge in [-0.1, -0.05) is 36.4 Å². The molecule has 2 atom stereocenters. The summed E-state index contributed by atoms with van der Waals surface area (Å²) in [6.07, 6.45) is 3.01. The summed E-state index contributed by atoms with van der Waals surface area (Å²) in [6, 6.07) is 16.3. The van der Waals surface area contributed by atoms with E-state index >= 15 is 0 Å². The third kappa shape index (κ3) is 3.26. The average molecular weight is 403 g/mol. The van der Waals surface area contributed by atoms with Gasteiger partial charge in [-0.25, -0.2) is 4.98 Å². The van der Waals surface area contributed by atoms with Crippen LogP contribution in [-0.2, 0) is 34.3 Å². The molecule has 0 bridgehead atoms. The van der Waals surface area contributed by atoms with Gasteiger partial charge in [0.05, 0.1) is 23.6 Å². The van der Waals surface area contributed by atoms with Gasteiger partial charge in [-0.15, -0.1) is 0 Å². The van der Waals surface area contributed by atoms with E-state index in [1.54, 1.807) is 0 Å². The number of amides is 1. The number of hydrogen-bond donors (Lipinski definition) is 0. The number of esters is 1. The fraction of sp³-hybridized carbons (Fsp3) is 0.375. The number of benzene rings is 2. The van der Waals surface area contributed by atoms with Crippen molar-refractivity contribution in [3.05, 3.63) is 65.5 Å². The van der Waals surface area contributed by atoms with Gasteiger partial charge in [0.1, 0.15) is 5.82 Å². The minimum Gasteiger partial charge on any atom is -0.452 e. The number of imidazole rings is 1. The molecule has 0 spiro atoms. The number of hydrogen-bond acceptors (Lipinski definition) is 4. The van der Waals surface area contributed by atoms with Crippen LogP contribution in [-0.4, -0.2) is 32.4 Å². The van der Waals surface area contributed by atoms with E-state index in [1.165, 1.54) is 11.1 Å². The van der Waals surface area contributed by atoms with E-state index in [9.17, 15) is 9.59 Å². The minimum absolute atomic E-state index is 0.0402. The molecule has 5 rings (SSSR count). The Bertz CT molecular complexity index is 1120. The van der Waals surface area contributed by atoms with Crippen molar-refractivity contribution in [2.45, 2.75) is 50.8 Å². The molecule has 2 heterocycles. The first-order valence-corrected chi connectivity index (χ1v) is 10.6. The number of nitrogens with zero attached hydrogens (tertiary/aromatic N) is 3. The molecule has 3 aromatic rings. The zero-order valence-corrected chi connectivity index (χ0v) is 17.1. The Hall–Kier alpha value is -3.15. The van der Waals surface area contributed by atoms with Crippen molar-refractivity contribution in [1.29, 1.82) is 0 Å². The standard InChI is InChI=1S/C24H25N3O3/c1-26-20-11-5-4-10-18(20)25-22(26)15-27(24(29)21-13-14-23(28)30-21)19-12-6-8-16-7-2-3-9-17(16)19/h2-5,7,9-11,19,21H,6,8,12-15H2,1H3/t19-,21+/m0/s1. The van der Waals surface area contributed by atoms with Gasteiger partial charge < -0.3 is 14.2 Å². The molecule has 0 N–H and O–H groups in total. The lowest BCUT2D eigenvalue weighted by atomic mass is 9.86. The highest BCUT2D eigenvalue weighted by Gasteiger charge is 2.38. The molecule has 0 unspecified atom stereocenters. The van der Waals surface area contributed by atoms with Gasteiger partial charge in [-0.05, 0) is 42.5 Å². The zero-order valence-electron chi connectivity index (χ0n) is 17.1. The Morgan fingerprint density at radius 2 is 1.93 bits per heavy atom. The van der Waals surface area contributed by atoms with Crippen LogP contribution in [0.2, 0.25) is 0 Å². The van der Waals surface area contributed by atoms with Crippen molar-refractivity contribution < 1.29 is 14.3 Å². The molecule has 1 fully saturated rings. The van der Waals surface area contributed by atoms with Crippen LogP contribution in [0.15, 0.2) is 48.5 Å². The number of carbonyl (C=O) groups is 2. The molecule has 1 amide bonds. The average Bonchev–Trinajstić information content (AvgIpc) is 3.35. The first-order chi connectivity index (χ1) is 14.6. The van der Waals surface area contributed by atoms with Gasteiger partial charge in [-0.3, -0.25) is 9.59 Å². The highest BCUT2D eigenvalue weighted by molar-refractivity contribution is 5.87. The zero-order chi connectivity index (χ0) is 20.7. The Balaban J connectivity index is 1.54. The molecule has 0 saturated carbocycles. The molecule has 2 aromatic carbocycles. The Labute approximate surface area is 175 Å². The van der Waals surface area contributed by atoms with Crippen molar-refractivity contribution in [2.24, 2.45) is 7.05 Å². The Morgan fingerprint density at radius 3 is 2.73 bits per heavy atom. The SMILES string of the molecule is Cn1c(CN(C(=O)[C@H]2CCC(=O)O2)[C@H]2CCCc3ccccc32)nc2ccccc21. The Morgan fingerprint density at radius 1 is 1.13 bits per heavy atom. The summed E-state index contributed by atoms with van der Waals surface area (Å²) in [6.45, 7) is 0.386. The summed E-state index contributed by atoms with van der Waals surface area (Å²) >= 11 is 0. The second-order valence-electron chi connectivity index (χ2n) is 8.17. The molecular weight excluding hydrogens is 378 g/mol. The topological polar surface area (TPSA) is 64.4 Å². The first-order valence-electron chi connectivity index (χ1n) is 10.6. The summed E-state index contributed by atoms with van der Waals surface area (Å²) in [5.41, 5.74) is 4.44. The van der Waals surface area contributed by atoms with Gasteiger partial charge in [0.25, 0.3) is 5.91 Å². The van der Waals surface area contributed by atoms with E-state index in [2.05, 4.69) is 18.2 Å². The van der Waals surface area contributed by atoms with Crippen LogP contribution >= 0.6 is 0 Å². The van der Waals surface area contributed by atoms with Crippen molar-refractivity contribution in [2.75, 3.05) is 0 Å². The number of fused-ring (bicyclic) bond motifs is 2. The van der Waals surface area contributed by atoms with Crippen molar-refractivity contribution in [3.8, 4) is 0 Å². The van der Waals surface area contributed by atoms with Gasteiger partial charge in [0, 0.05) is 19.9 Å². The lowest BCUT2D eigenvalue weighted by Crippen LogP contribution is -2.42. The summed E-state index contributed by atoms with van der Waals surface area (Å²) in [5.74, 6) is 0.423. The second kappa shape index (κ2) is 7.59. The molecule has 154 valence electrons. The van der Waals surface area contributed by atoms with Gasteiger partial charge in [-0.2, -0.15) is 0 Å². The maximum absolute atomic E-state index is 13.5. The number of ether oxygens (including phenoxy) is 1. The summed E-state index contributed by atoms with van der Waals surface area (Å²) < 4.78 is 7.40. The van der Waals surface area contributed by atoms with Gasteiger partial charge >= 0.3 is 5.97 Å². The normalized spacial score (nSPS) is 20.8. The third-order valence-electron chi connectivity index (χ3n) is 6.35. The summed E-state index contributed by atoms with van der Waals surface area (Å²) in [4.78, 5) is 31.9. The molecule has 6 heteroatoms. The van der Waals surface area contributed by atoms with E-state index in [1.807, 2.05) is 46.8 Å². The lowest BCUT2D eigenvalue weighted by Gasteiger charge is -2.36. The van der Waals surface area contributed by atoms with Gasteiger partial charge in [0.2, 0.25) is 0 Å². The van der Waals surface area contributed by atoms with Crippen LogP contribution in [0.4, 0.5) is 0 Å². The first kappa shape index (κ1) is 18.9. The highest BCUT2D eigenvalue weighted by atomic mass is 16.6. The second-order valence-corrected chi connectivity index (χ2v) is 8.17. The van der Waals surface area contributed by atoms with Crippen molar-refractivity contribution in [3.63, 3.8) is 0 Å². The number of aryl methyl sites for hydroxylation is 2. The number of para-hydroxylation sites is 2. The fourth-order valence-electron chi connectivity index (χ4n) is 4.77. The largest absolute Gasteiger partial charge is 0.452 e. The van der Waals surface area contributed by atoms with E-state index < -0.39 is 6.10 Å². The molecule has 1 aliphatic heterocycles. The van der Waals surface area contributed by atoms with E-state index in [0.717, 1.165) is 36.1 Å². The van der Waals surface area contributed by atoms with Crippen LogP contribution < -0.4 is 0 Å². The molecule has 6 nitrogen and oxygen atoms in total. The number of cyclic esters (lactones) is 1. The van der Waals surface area contributed by atoms with E-state index in [-0.39, 0.29) is 17.9 Å². The number of carbonyl (C=O) groups excluding carboxylic acids is 2. The van der Waals surface area contributed by atoms with Crippen LogP contribution in [0.1, 0.15) is 48.7 Å². The molecule has 2 aliphatic rings. The fourth-order valence-corrected chi connectivity index (χ4v) is 4.77. The third-order valence-corrected chi connectivity index (χ3v) is 6.35. The predicted molar refractivity (Wildman–Crippen MR) is 112 cm³/mol.